The van der Waals surface area contributed by atoms with Gasteiger partial charge in [0.05, 0.1) is 12.4 Å². The van der Waals surface area contributed by atoms with Crippen molar-refractivity contribution in [1.29, 1.82) is 0 Å². The molecule has 5 rings (SSSR count). The molecule has 1 aliphatic carbocycles. The van der Waals surface area contributed by atoms with Gasteiger partial charge in [0.1, 0.15) is 23.2 Å². The van der Waals surface area contributed by atoms with Crippen LogP contribution in [0.2, 0.25) is 0 Å². The van der Waals surface area contributed by atoms with Crippen LogP contribution in [-0.4, -0.2) is 43.4 Å². The molecule has 1 N–H and O–H groups in total. The number of nitrogens with zero attached hydrogens (tertiary/aromatic N) is 4. The zero-order chi connectivity index (χ0) is 24.8. The van der Waals surface area contributed by atoms with Crippen molar-refractivity contribution < 1.29 is 14.2 Å². The van der Waals surface area contributed by atoms with E-state index in [1.165, 1.54) is 35.9 Å². The third-order valence-electron chi connectivity index (χ3n) is 6.69. The molecular weight excluding hydrogens is 454 g/mol. The Morgan fingerprint density at radius 2 is 1.94 bits per heavy atom. The second-order valence-electron chi connectivity index (χ2n) is 9.95. The Labute approximate surface area is 211 Å². The minimum absolute atomic E-state index is 0.304. The zero-order valence-electron chi connectivity index (χ0n) is 20.9. The molecule has 1 fully saturated rings. The molecule has 188 valence electrons. The van der Waals surface area contributed by atoms with Gasteiger partial charge in [-0.25, -0.2) is 9.97 Å². The van der Waals surface area contributed by atoms with Crippen molar-refractivity contribution in [2.45, 2.75) is 70.5 Å². The lowest BCUT2D eigenvalue weighted by Gasteiger charge is -2.26. The lowest BCUT2D eigenvalue weighted by molar-refractivity contribution is -0.0325. The van der Waals surface area contributed by atoms with Gasteiger partial charge in [-0.05, 0) is 80.8 Å². The molecule has 36 heavy (non-hydrogen) atoms. The highest BCUT2D eigenvalue weighted by atomic mass is 16.7. The van der Waals surface area contributed by atoms with Crippen LogP contribution in [0.25, 0.3) is 11.2 Å². The Kier molecular flexibility index (Phi) is 7.41. The standard InChI is InChI=1S/C28H33N5O3/c1-28(2,36-27-25-26(31-17-30-25)32-18-33-27)12-10-21-11-13-29-16-22(21)14-20-6-5-9-24(15-20)35-19-34-23-7-3-4-8-23/h5-6,9,11,13,15-18,23H,3-4,7-8,10,12,14,19H2,1-2H3,(H,30,31,32,33). The average molecular weight is 488 g/mol. The molecule has 0 spiro atoms. The van der Waals surface area contributed by atoms with E-state index in [-0.39, 0.29) is 0 Å². The van der Waals surface area contributed by atoms with Crippen LogP contribution in [0.5, 0.6) is 11.6 Å². The highest BCUT2D eigenvalue weighted by Crippen LogP contribution is 2.27. The van der Waals surface area contributed by atoms with Crippen molar-refractivity contribution in [3.05, 3.63) is 72.1 Å². The molecule has 8 nitrogen and oxygen atoms in total. The second kappa shape index (κ2) is 11.0. The highest BCUT2D eigenvalue weighted by Gasteiger charge is 2.23. The van der Waals surface area contributed by atoms with Crippen molar-refractivity contribution in [3.63, 3.8) is 0 Å². The van der Waals surface area contributed by atoms with E-state index in [1.807, 2.05) is 24.5 Å². The summed E-state index contributed by atoms with van der Waals surface area (Å²) in [4.78, 5) is 20.1. The number of pyridine rings is 1. The molecule has 0 unspecified atom stereocenters. The van der Waals surface area contributed by atoms with Gasteiger partial charge in [0.25, 0.3) is 0 Å². The van der Waals surface area contributed by atoms with E-state index in [0.29, 0.717) is 29.9 Å². The van der Waals surface area contributed by atoms with Gasteiger partial charge in [0, 0.05) is 12.4 Å². The number of hydrogen-bond donors (Lipinski definition) is 1. The van der Waals surface area contributed by atoms with Crippen LogP contribution in [0, 0.1) is 0 Å². The number of ether oxygens (including phenoxy) is 3. The lowest BCUT2D eigenvalue weighted by atomic mass is 9.94. The van der Waals surface area contributed by atoms with Crippen molar-refractivity contribution in [3.8, 4) is 11.6 Å². The van der Waals surface area contributed by atoms with Crippen LogP contribution in [-0.2, 0) is 17.6 Å². The lowest BCUT2D eigenvalue weighted by Crippen LogP contribution is -2.29. The topological polar surface area (TPSA) is 95.0 Å². The monoisotopic (exact) mass is 487 g/mol. The van der Waals surface area contributed by atoms with Crippen LogP contribution in [0.1, 0.15) is 62.6 Å². The van der Waals surface area contributed by atoms with E-state index in [4.69, 9.17) is 14.2 Å². The van der Waals surface area contributed by atoms with E-state index in [1.54, 1.807) is 6.33 Å². The summed E-state index contributed by atoms with van der Waals surface area (Å²) in [5.41, 5.74) is 4.52. The molecule has 4 aromatic rings. The van der Waals surface area contributed by atoms with Gasteiger partial charge in [-0.15, -0.1) is 0 Å². The van der Waals surface area contributed by atoms with E-state index in [2.05, 4.69) is 57.0 Å². The number of nitrogens with one attached hydrogen (secondary N) is 1. The number of imidazole rings is 1. The van der Waals surface area contributed by atoms with Gasteiger partial charge in [-0.1, -0.05) is 25.0 Å². The molecule has 0 bridgehead atoms. The van der Waals surface area contributed by atoms with E-state index >= 15 is 0 Å². The van der Waals surface area contributed by atoms with Crippen molar-refractivity contribution in [2.75, 3.05) is 6.79 Å². The van der Waals surface area contributed by atoms with Crippen LogP contribution < -0.4 is 9.47 Å². The van der Waals surface area contributed by atoms with Gasteiger partial charge >= 0.3 is 0 Å². The third kappa shape index (κ3) is 6.18. The molecule has 0 atom stereocenters. The Morgan fingerprint density at radius 1 is 1.06 bits per heavy atom. The van der Waals surface area contributed by atoms with E-state index in [9.17, 15) is 0 Å². The van der Waals surface area contributed by atoms with Gasteiger partial charge in [-0.3, -0.25) is 4.98 Å². The first-order valence-electron chi connectivity index (χ1n) is 12.6. The fourth-order valence-corrected chi connectivity index (χ4v) is 4.65. The van der Waals surface area contributed by atoms with Crippen LogP contribution in [0.15, 0.2) is 55.4 Å². The zero-order valence-corrected chi connectivity index (χ0v) is 20.9. The maximum absolute atomic E-state index is 6.28. The molecule has 1 saturated carbocycles. The summed E-state index contributed by atoms with van der Waals surface area (Å²) in [5, 5.41) is 0. The van der Waals surface area contributed by atoms with Crippen molar-refractivity contribution in [1.82, 2.24) is 24.9 Å². The van der Waals surface area contributed by atoms with Gasteiger partial charge in [0.15, 0.2) is 12.4 Å². The average Bonchev–Trinajstić information content (AvgIpc) is 3.57. The fraction of sp³-hybridized carbons (Fsp3) is 0.429. The minimum Gasteiger partial charge on any atom is -0.470 e. The quantitative estimate of drug-likeness (QED) is 0.282. The maximum atomic E-state index is 6.28. The summed E-state index contributed by atoms with van der Waals surface area (Å²) in [6.45, 7) is 4.46. The minimum atomic E-state index is -0.431. The van der Waals surface area contributed by atoms with Crippen LogP contribution in [0.3, 0.4) is 0 Å². The first kappa shape index (κ1) is 24.2. The number of aromatic nitrogens is 5. The summed E-state index contributed by atoms with van der Waals surface area (Å²) in [6.07, 6.45) is 14.5. The third-order valence-corrected chi connectivity index (χ3v) is 6.69. The summed E-state index contributed by atoms with van der Waals surface area (Å²) in [7, 11) is 0. The SMILES string of the molecule is CC(C)(CCc1ccncc1Cc1cccc(OCOC2CCCC2)c1)Oc1ncnc2nc[nH]c12. The van der Waals surface area contributed by atoms with Crippen molar-refractivity contribution in [2.24, 2.45) is 0 Å². The molecule has 0 saturated heterocycles. The van der Waals surface area contributed by atoms with E-state index in [0.717, 1.165) is 37.9 Å². The number of fused-ring (bicyclic) bond motifs is 1. The predicted octanol–water partition coefficient (Wildman–Crippen LogP) is 5.42. The summed E-state index contributed by atoms with van der Waals surface area (Å²) in [6, 6.07) is 10.3. The molecule has 1 aliphatic rings. The van der Waals surface area contributed by atoms with Crippen molar-refractivity contribution >= 4 is 11.2 Å². The number of benzene rings is 1. The molecular formula is C28H33N5O3. The summed E-state index contributed by atoms with van der Waals surface area (Å²) in [5.74, 6) is 1.35. The second-order valence-corrected chi connectivity index (χ2v) is 9.95. The summed E-state index contributed by atoms with van der Waals surface area (Å²) >= 11 is 0. The van der Waals surface area contributed by atoms with E-state index < -0.39 is 5.60 Å². The van der Waals surface area contributed by atoms with Crippen LogP contribution >= 0.6 is 0 Å². The Hall–Kier alpha value is -3.52. The Morgan fingerprint density at radius 3 is 2.83 bits per heavy atom. The molecule has 8 heteroatoms. The Bertz CT molecular complexity index is 1280. The Balaban J connectivity index is 1.20. The molecule has 1 aromatic carbocycles. The number of rotatable bonds is 11. The molecule has 0 radical (unpaired) electrons. The van der Waals surface area contributed by atoms with Crippen LogP contribution in [0.4, 0.5) is 0 Å². The number of aromatic amines is 1. The molecule has 0 amide bonds. The van der Waals surface area contributed by atoms with Gasteiger partial charge in [0.2, 0.25) is 5.88 Å². The molecule has 0 aliphatic heterocycles. The largest absolute Gasteiger partial charge is 0.470 e. The molecule has 3 heterocycles. The fourth-order valence-electron chi connectivity index (χ4n) is 4.65. The summed E-state index contributed by atoms with van der Waals surface area (Å²) < 4.78 is 18.0. The normalized spacial score (nSPS) is 14.4. The number of H-pyrrole nitrogens is 1. The van der Waals surface area contributed by atoms with Gasteiger partial charge in [-0.2, -0.15) is 4.98 Å². The smallest absolute Gasteiger partial charge is 0.243 e. The molecule has 3 aromatic heterocycles. The first-order chi connectivity index (χ1) is 17.6. The van der Waals surface area contributed by atoms with Gasteiger partial charge < -0.3 is 19.2 Å². The number of hydrogen-bond acceptors (Lipinski definition) is 7. The maximum Gasteiger partial charge on any atom is 0.243 e. The highest BCUT2D eigenvalue weighted by molar-refractivity contribution is 5.74. The predicted molar refractivity (Wildman–Crippen MR) is 137 cm³/mol. The number of aryl methyl sites for hydroxylation is 1. The first-order valence-corrected chi connectivity index (χ1v) is 12.6.